The van der Waals surface area contributed by atoms with E-state index in [1.807, 2.05) is 12.3 Å². The van der Waals surface area contributed by atoms with Gasteiger partial charge in [-0.25, -0.2) is 15.0 Å². The molecule has 1 aromatic carbocycles. The number of hydrogen-bond acceptors (Lipinski definition) is 6. The van der Waals surface area contributed by atoms with Crippen LogP contribution in [0.1, 0.15) is 34.8 Å². The van der Waals surface area contributed by atoms with E-state index < -0.39 is 5.91 Å². The van der Waals surface area contributed by atoms with E-state index in [0.29, 0.717) is 28.9 Å². The molecule has 1 amide bonds. The molecular formula is C19H17N5O2. The van der Waals surface area contributed by atoms with Gasteiger partial charge in [-0.2, -0.15) is 0 Å². The standard InChI is InChI=1S/C19H17N5O2/c20-16-9-15(18(21)25)23-19(24-16)12-3-6-14(7-4-12)26-17-8-5-13(10-22-17)11-1-2-11/h3-11H,1-2H2,(H2,21,25)(H2,20,23,24). The van der Waals surface area contributed by atoms with Crippen LogP contribution >= 0.6 is 0 Å². The molecule has 2 aromatic heterocycles. The topological polar surface area (TPSA) is 117 Å². The number of nitrogens with two attached hydrogens (primary N) is 2. The fraction of sp³-hybridized carbons (Fsp3) is 0.158. The first-order valence-electron chi connectivity index (χ1n) is 8.27. The van der Waals surface area contributed by atoms with Crippen molar-refractivity contribution in [2.75, 3.05) is 5.73 Å². The van der Waals surface area contributed by atoms with Crippen molar-refractivity contribution >= 4 is 11.7 Å². The minimum Gasteiger partial charge on any atom is -0.439 e. The van der Waals surface area contributed by atoms with Gasteiger partial charge in [0.15, 0.2) is 5.82 Å². The molecule has 0 unspecified atom stereocenters. The van der Waals surface area contributed by atoms with Gasteiger partial charge in [-0.3, -0.25) is 4.79 Å². The van der Waals surface area contributed by atoms with E-state index in [-0.39, 0.29) is 11.5 Å². The van der Waals surface area contributed by atoms with Crippen LogP contribution in [0.3, 0.4) is 0 Å². The van der Waals surface area contributed by atoms with Crippen LogP contribution in [-0.4, -0.2) is 20.9 Å². The van der Waals surface area contributed by atoms with Gasteiger partial charge in [0.1, 0.15) is 17.3 Å². The maximum atomic E-state index is 11.3. The number of nitrogens with zero attached hydrogens (tertiary/aromatic N) is 3. The van der Waals surface area contributed by atoms with E-state index in [1.165, 1.54) is 24.5 Å². The summed E-state index contributed by atoms with van der Waals surface area (Å²) in [4.78, 5) is 23.9. The summed E-state index contributed by atoms with van der Waals surface area (Å²) in [6.45, 7) is 0. The highest BCUT2D eigenvalue weighted by molar-refractivity contribution is 5.91. The number of aromatic nitrogens is 3. The predicted octanol–water partition coefficient (Wildman–Crippen LogP) is 2.89. The third-order valence-corrected chi connectivity index (χ3v) is 4.14. The lowest BCUT2D eigenvalue weighted by Crippen LogP contribution is -2.14. The summed E-state index contributed by atoms with van der Waals surface area (Å²) in [5, 5.41) is 0. The average Bonchev–Trinajstić information content (AvgIpc) is 3.48. The molecule has 0 spiro atoms. The number of rotatable bonds is 5. The predicted molar refractivity (Wildman–Crippen MR) is 96.7 cm³/mol. The Morgan fingerprint density at radius 3 is 2.46 bits per heavy atom. The highest BCUT2D eigenvalue weighted by Crippen LogP contribution is 2.40. The molecule has 0 atom stereocenters. The second-order valence-electron chi connectivity index (χ2n) is 6.20. The molecule has 26 heavy (non-hydrogen) atoms. The Bertz CT molecular complexity index is 951. The zero-order valence-electron chi connectivity index (χ0n) is 13.9. The van der Waals surface area contributed by atoms with Crippen molar-refractivity contribution in [2.45, 2.75) is 18.8 Å². The lowest BCUT2D eigenvalue weighted by atomic mass is 10.2. The molecular weight excluding hydrogens is 330 g/mol. The summed E-state index contributed by atoms with van der Waals surface area (Å²) >= 11 is 0. The highest BCUT2D eigenvalue weighted by Gasteiger charge is 2.23. The van der Waals surface area contributed by atoms with Gasteiger partial charge in [-0.15, -0.1) is 0 Å². The molecule has 7 nitrogen and oxygen atoms in total. The van der Waals surface area contributed by atoms with Gasteiger partial charge in [-0.05, 0) is 48.6 Å². The van der Waals surface area contributed by atoms with Gasteiger partial charge >= 0.3 is 0 Å². The number of carbonyl (C=O) groups is 1. The third-order valence-electron chi connectivity index (χ3n) is 4.14. The molecule has 130 valence electrons. The number of benzene rings is 1. The molecule has 7 heteroatoms. The minimum absolute atomic E-state index is 0.0766. The molecule has 1 fully saturated rings. The minimum atomic E-state index is -0.652. The molecule has 0 aliphatic heterocycles. The van der Waals surface area contributed by atoms with Crippen LogP contribution < -0.4 is 16.2 Å². The van der Waals surface area contributed by atoms with Gasteiger partial charge in [0.25, 0.3) is 5.91 Å². The quantitative estimate of drug-likeness (QED) is 0.733. The van der Waals surface area contributed by atoms with Crippen LogP contribution in [0.2, 0.25) is 0 Å². The molecule has 0 saturated heterocycles. The van der Waals surface area contributed by atoms with Crippen molar-refractivity contribution in [3.05, 3.63) is 59.9 Å². The smallest absolute Gasteiger partial charge is 0.267 e. The average molecular weight is 347 g/mol. The summed E-state index contributed by atoms with van der Waals surface area (Å²) in [6, 6.07) is 12.4. The zero-order chi connectivity index (χ0) is 18.1. The number of amides is 1. The molecule has 3 aromatic rings. The molecule has 2 heterocycles. The Labute approximate surface area is 150 Å². The number of ether oxygens (including phenoxy) is 1. The molecule has 1 aliphatic carbocycles. The van der Waals surface area contributed by atoms with E-state index in [0.717, 1.165) is 0 Å². The third kappa shape index (κ3) is 3.46. The van der Waals surface area contributed by atoms with Crippen LogP contribution in [0.15, 0.2) is 48.7 Å². The molecule has 1 aliphatic rings. The lowest BCUT2D eigenvalue weighted by Gasteiger charge is -2.07. The number of carbonyl (C=O) groups excluding carboxylic acids is 1. The van der Waals surface area contributed by atoms with Crippen LogP contribution in [0.25, 0.3) is 11.4 Å². The Morgan fingerprint density at radius 2 is 1.85 bits per heavy atom. The van der Waals surface area contributed by atoms with E-state index >= 15 is 0 Å². The summed E-state index contributed by atoms with van der Waals surface area (Å²) in [6.07, 6.45) is 4.35. The first-order chi connectivity index (χ1) is 12.6. The first kappa shape index (κ1) is 16.0. The van der Waals surface area contributed by atoms with Crippen molar-refractivity contribution in [1.29, 1.82) is 0 Å². The first-order valence-corrected chi connectivity index (χ1v) is 8.27. The molecule has 0 radical (unpaired) electrons. The van der Waals surface area contributed by atoms with Crippen molar-refractivity contribution < 1.29 is 9.53 Å². The fourth-order valence-electron chi connectivity index (χ4n) is 2.62. The van der Waals surface area contributed by atoms with E-state index in [9.17, 15) is 4.79 Å². The summed E-state index contributed by atoms with van der Waals surface area (Å²) < 4.78 is 5.76. The van der Waals surface area contributed by atoms with Crippen LogP contribution in [0.4, 0.5) is 5.82 Å². The van der Waals surface area contributed by atoms with Crippen molar-refractivity contribution in [2.24, 2.45) is 5.73 Å². The fourth-order valence-corrected chi connectivity index (χ4v) is 2.62. The summed E-state index contributed by atoms with van der Waals surface area (Å²) in [7, 11) is 0. The molecule has 1 saturated carbocycles. The SMILES string of the molecule is NC(=O)c1cc(N)nc(-c2ccc(Oc3ccc(C4CC4)cn3)cc2)n1. The number of primary amides is 1. The Hall–Kier alpha value is -3.48. The second-order valence-corrected chi connectivity index (χ2v) is 6.20. The monoisotopic (exact) mass is 347 g/mol. The van der Waals surface area contributed by atoms with E-state index in [1.54, 1.807) is 24.3 Å². The van der Waals surface area contributed by atoms with Gasteiger partial charge in [0, 0.05) is 23.9 Å². The van der Waals surface area contributed by atoms with Crippen LogP contribution in [0, 0.1) is 0 Å². The lowest BCUT2D eigenvalue weighted by molar-refractivity contribution is 0.0995. The highest BCUT2D eigenvalue weighted by atomic mass is 16.5. The van der Waals surface area contributed by atoms with E-state index in [4.69, 9.17) is 16.2 Å². The van der Waals surface area contributed by atoms with Gasteiger partial charge in [0.05, 0.1) is 0 Å². The number of hydrogen-bond donors (Lipinski definition) is 2. The summed E-state index contributed by atoms with van der Waals surface area (Å²) in [5.74, 6) is 1.71. The van der Waals surface area contributed by atoms with E-state index in [2.05, 4.69) is 21.0 Å². The van der Waals surface area contributed by atoms with Gasteiger partial charge < -0.3 is 16.2 Å². The Balaban J connectivity index is 1.52. The zero-order valence-corrected chi connectivity index (χ0v) is 13.9. The van der Waals surface area contributed by atoms with Gasteiger partial charge in [0.2, 0.25) is 5.88 Å². The molecule has 4 rings (SSSR count). The Morgan fingerprint density at radius 1 is 1.08 bits per heavy atom. The molecule has 4 N–H and O–H groups in total. The largest absolute Gasteiger partial charge is 0.439 e. The Kier molecular flexibility index (Phi) is 3.96. The summed E-state index contributed by atoms with van der Waals surface area (Å²) in [5.41, 5.74) is 13.0. The molecule has 0 bridgehead atoms. The second kappa shape index (κ2) is 6.44. The number of pyridine rings is 1. The van der Waals surface area contributed by atoms with Crippen molar-refractivity contribution in [3.63, 3.8) is 0 Å². The number of anilines is 1. The number of nitrogen functional groups attached to an aromatic ring is 1. The maximum Gasteiger partial charge on any atom is 0.267 e. The maximum absolute atomic E-state index is 11.3. The van der Waals surface area contributed by atoms with Crippen LogP contribution in [0.5, 0.6) is 11.6 Å². The van der Waals surface area contributed by atoms with Crippen molar-refractivity contribution in [3.8, 4) is 23.0 Å². The van der Waals surface area contributed by atoms with Gasteiger partial charge in [-0.1, -0.05) is 6.07 Å². The van der Waals surface area contributed by atoms with Crippen molar-refractivity contribution in [1.82, 2.24) is 15.0 Å². The van der Waals surface area contributed by atoms with Crippen LogP contribution in [-0.2, 0) is 0 Å². The normalized spacial score (nSPS) is 13.4.